The van der Waals surface area contributed by atoms with Crippen LogP contribution in [0.1, 0.15) is 90.9 Å². The highest BCUT2D eigenvalue weighted by Crippen LogP contribution is 2.10. The molecule has 0 spiro atoms. The van der Waals surface area contributed by atoms with E-state index in [1.807, 2.05) is 0 Å². The average Bonchev–Trinajstić information content (AvgIpc) is 2.43. The molecule has 0 aromatic heterocycles. The van der Waals surface area contributed by atoms with E-state index in [4.69, 9.17) is 0 Å². The third-order valence-electron chi connectivity index (χ3n) is 3.55. The van der Waals surface area contributed by atoms with E-state index in [1.54, 1.807) is 0 Å². The van der Waals surface area contributed by atoms with E-state index in [-0.39, 0.29) is 0 Å². The van der Waals surface area contributed by atoms with E-state index in [9.17, 15) is 0 Å². The van der Waals surface area contributed by atoms with E-state index in [0.29, 0.717) is 0 Å². The normalized spacial score (nSPS) is 11.7. The summed E-state index contributed by atoms with van der Waals surface area (Å²) < 4.78 is 0. The highest BCUT2D eigenvalue weighted by atomic mass is 14.0. The predicted octanol–water partition coefficient (Wildman–Crippen LogP) is 7.38. The van der Waals surface area contributed by atoms with Crippen molar-refractivity contribution in [3.63, 3.8) is 0 Å². The summed E-state index contributed by atoms with van der Waals surface area (Å²) >= 11 is 0. The van der Waals surface area contributed by atoms with Gasteiger partial charge in [0.05, 0.1) is 0 Å². The van der Waals surface area contributed by atoms with Crippen molar-refractivity contribution in [3.05, 3.63) is 36.5 Å². The SMILES string of the molecule is C=C(C)CCCCCCC/C=C\C/C=C\CCCCC. The van der Waals surface area contributed by atoms with Crippen LogP contribution in [0.5, 0.6) is 0 Å². The second-order valence-electron chi connectivity index (χ2n) is 5.94. The monoisotopic (exact) mass is 276 g/mol. The average molecular weight is 277 g/mol. The quantitative estimate of drug-likeness (QED) is 0.229. The van der Waals surface area contributed by atoms with Gasteiger partial charge in [-0.05, 0) is 51.9 Å². The van der Waals surface area contributed by atoms with Gasteiger partial charge in [0.1, 0.15) is 0 Å². The van der Waals surface area contributed by atoms with Gasteiger partial charge in [-0.25, -0.2) is 0 Å². The summed E-state index contributed by atoms with van der Waals surface area (Å²) in [5.41, 5.74) is 1.33. The first-order valence-electron chi connectivity index (χ1n) is 8.71. The van der Waals surface area contributed by atoms with Gasteiger partial charge in [0.2, 0.25) is 0 Å². The van der Waals surface area contributed by atoms with Crippen LogP contribution in [0.15, 0.2) is 36.5 Å². The van der Waals surface area contributed by atoms with Crippen molar-refractivity contribution in [2.45, 2.75) is 90.9 Å². The molecule has 116 valence electrons. The summed E-state index contributed by atoms with van der Waals surface area (Å²) in [5, 5.41) is 0. The molecule has 0 N–H and O–H groups in total. The zero-order valence-corrected chi connectivity index (χ0v) is 14.0. The smallest absolute Gasteiger partial charge is 0.0169 e. The predicted molar refractivity (Wildman–Crippen MR) is 94.2 cm³/mol. The highest BCUT2D eigenvalue weighted by Gasteiger charge is 1.90. The fourth-order valence-corrected chi connectivity index (χ4v) is 2.24. The Balaban J connectivity index is 3.17. The van der Waals surface area contributed by atoms with Crippen molar-refractivity contribution in [1.82, 2.24) is 0 Å². The Morgan fingerprint density at radius 1 is 0.750 bits per heavy atom. The van der Waals surface area contributed by atoms with Crippen LogP contribution >= 0.6 is 0 Å². The van der Waals surface area contributed by atoms with Crippen LogP contribution in [-0.4, -0.2) is 0 Å². The van der Waals surface area contributed by atoms with Gasteiger partial charge < -0.3 is 0 Å². The Labute approximate surface area is 128 Å². The molecule has 0 aromatic carbocycles. The molecule has 0 bridgehead atoms. The maximum absolute atomic E-state index is 3.94. The third kappa shape index (κ3) is 17.2. The summed E-state index contributed by atoms with van der Waals surface area (Å²) in [4.78, 5) is 0. The molecule has 0 aromatic rings. The van der Waals surface area contributed by atoms with Crippen molar-refractivity contribution >= 4 is 0 Å². The summed E-state index contributed by atoms with van der Waals surface area (Å²) in [7, 11) is 0. The second kappa shape index (κ2) is 16.3. The zero-order valence-electron chi connectivity index (χ0n) is 14.0. The molecule has 0 heterocycles. The minimum Gasteiger partial charge on any atom is -0.100 e. The lowest BCUT2D eigenvalue weighted by molar-refractivity contribution is 0.616. The molecule has 0 atom stereocenters. The lowest BCUT2D eigenvalue weighted by atomic mass is 10.1. The zero-order chi connectivity index (χ0) is 14.9. The molecule has 0 aliphatic heterocycles. The molecule has 0 radical (unpaired) electrons. The summed E-state index contributed by atoms with van der Waals surface area (Å²) in [6, 6.07) is 0. The van der Waals surface area contributed by atoms with Gasteiger partial charge in [0, 0.05) is 0 Å². The highest BCUT2D eigenvalue weighted by molar-refractivity contribution is 4.92. The summed E-state index contributed by atoms with van der Waals surface area (Å²) in [6.45, 7) is 8.33. The molecular weight excluding hydrogens is 240 g/mol. The molecule has 20 heavy (non-hydrogen) atoms. The Hall–Kier alpha value is -0.780. The molecule has 0 saturated carbocycles. The summed E-state index contributed by atoms with van der Waals surface area (Å²) in [5.74, 6) is 0. The molecule has 0 unspecified atom stereocenters. The van der Waals surface area contributed by atoms with E-state index < -0.39 is 0 Å². The Morgan fingerprint density at radius 2 is 1.30 bits per heavy atom. The number of rotatable bonds is 14. The largest absolute Gasteiger partial charge is 0.100 e. The number of allylic oxidation sites excluding steroid dienone is 5. The fourth-order valence-electron chi connectivity index (χ4n) is 2.24. The summed E-state index contributed by atoms with van der Waals surface area (Å²) in [6.07, 6.45) is 25.0. The van der Waals surface area contributed by atoms with Gasteiger partial charge in [0.15, 0.2) is 0 Å². The van der Waals surface area contributed by atoms with Crippen LogP contribution < -0.4 is 0 Å². The Morgan fingerprint density at radius 3 is 1.90 bits per heavy atom. The molecule has 0 fully saturated rings. The van der Waals surface area contributed by atoms with E-state index >= 15 is 0 Å². The maximum Gasteiger partial charge on any atom is -0.0169 e. The molecule has 0 nitrogen and oxygen atoms in total. The molecule has 0 aliphatic rings. The van der Waals surface area contributed by atoms with Crippen LogP contribution in [0.3, 0.4) is 0 Å². The Bertz CT molecular complexity index is 257. The van der Waals surface area contributed by atoms with Gasteiger partial charge in [0.25, 0.3) is 0 Å². The number of hydrogen-bond donors (Lipinski definition) is 0. The topological polar surface area (TPSA) is 0 Å². The van der Waals surface area contributed by atoms with Gasteiger partial charge >= 0.3 is 0 Å². The molecule has 0 rings (SSSR count). The minimum absolute atomic E-state index is 1.12. The molecule has 0 aliphatic carbocycles. The van der Waals surface area contributed by atoms with Crippen LogP contribution in [0.25, 0.3) is 0 Å². The van der Waals surface area contributed by atoms with E-state index in [1.165, 1.54) is 76.2 Å². The first-order chi connectivity index (χ1) is 9.77. The van der Waals surface area contributed by atoms with Crippen molar-refractivity contribution in [2.24, 2.45) is 0 Å². The van der Waals surface area contributed by atoms with E-state index in [0.717, 1.165) is 6.42 Å². The number of hydrogen-bond acceptors (Lipinski definition) is 0. The van der Waals surface area contributed by atoms with Crippen molar-refractivity contribution < 1.29 is 0 Å². The van der Waals surface area contributed by atoms with Gasteiger partial charge in [-0.2, -0.15) is 0 Å². The van der Waals surface area contributed by atoms with Gasteiger partial charge in [-0.1, -0.05) is 68.9 Å². The van der Waals surface area contributed by atoms with E-state index in [2.05, 4.69) is 44.7 Å². The lowest BCUT2D eigenvalue weighted by Crippen LogP contribution is -1.80. The van der Waals surface area contributed by atoms with Crippen LogP contribution in [0, 0.1) is 0 Å². The standard InChI is InChI=1S/C20H36/c1-4-5-6-7-8-9-10-11-12-13-14-15-16-17-18-19-20(2)3/h8-9,11-12H,2,4-7,10,13-19H2,1,3H3/b9-8-,12-11-. The first kappa shape index (κ1) is 19.2. The fraction of sp³-hybridized carbons (Fsp3) is 0.700. The van der Waals surface area contributed by atoms with Crippen molar-refractivity contribution in [3.8, 4) is 0 Å². The molecule has 0 amide bonds. The first-order valence-corrected chi connectivity index (χ1v) is 8.71. The van der Waals surface area contributed by atoms with Crippen LogP contribution in [-0.2, 0) is 0 Å². The van der Waals surface area contributed by atoms with Crippen LogP contribution in [0.2, 0.25) is 0 Å². The Kier molecular flexibility index (Phi) is 15.6. The number of unbranched alkanes of at least 4 members (excludes halogenated alkanes) is 8. The maximum atomic E-state index is 3.94. The molecule has 0 saturated heterocycles. The van der Waals surface area contributed by atoms with Gasteiger partial charge in [-0.3, -0.25) is 0 Å². The van der Waals surface area contributed by atoms with Crippen molar-refractivity contribution in [1.29, 1.82) is 0 Å². The second-order valence-corrected chi connectivity index (χ2v) is 5.94. The molecule has 0 heteroatoms. The lowest BCUT2D eigenvalue weighted by Gasteiger charge is -2.00. The van der Waals surface area contributed by atoms with Crippen LogP contribution in [0.4, 0.5) is 0 Å². The third-order valence-corrected chi connectivity index (χ3v) is 3.55. The minimum atomic E-state index is 1.12. The van der Waals surface area contributed by atoms with Crippen molar-refractivity contribution in [2.75, 3.05) is 0 Å². The van der Waals surface area contributed by atoms with Gasteiger partial charge in [-0.15, -0.1) is 6.58 Å². The molecular formula is C20H36.